The van der Waals surface area contributed by atoms with Crippen molar-refractivity contribution in [1.82, 2.24) is 0 Å². The van der Waals surface area contributed by atoms with Crippen LogP contribution in [0.5, 0.6) is 11.5 Å². The highest BCUT2D eigenvalue weighted by Gasteiger charge is 2.37. The van der Waals surface area contributed by atoms with Crippen molar-refractivity contribution < 1.29 is 17.9 Å². The van der Waals surface area contributed by atoms with E-state index < -0.39 is 20.3 Å². The molecule has 6 heteroatoms. The summed E-state index contributed by atoms with van der Waals surface area (Å²) in [4.78, 5) is 1.09. The first-order valence-electron chi connectivity index (χ1n) is 11.5. The Morgan fingerprint density at radius 3 is 1.82 bits per heavy atom. The summed E-state index contributed by atoms with van der Waals surface area (Å²) in [6.45, 7) is 5.88. The van der Waals surface area contributed by atoms with E-state index in [-0.39, 0.29) is 5.92 Å². The van der Waals surface area contributed by atoms with Crippen molar-refractivity contribution in [2.24, 2.45) is 5.92 Å². The van der Waals surface area contributed by atoms with Crippen LogP contribution in [-0.2, 0) is 29.1 Å². The van der Waals surface area contributed by atoms with Gasteiger partial charge >= 0.3 is 0 Å². The van der Waals surface area contributed by atoms with Gasteiger partial charge < -0.3 is 9.47 Å². The fraction of sp³-hybridized carbons (Fsp3) is 0.357. The number of hydrogen-bond acceptors (Lipinski definition) is 5. The zero-order valence-electron chi connectivity index (χ0n) is 20.1. The zero-order valence-corrected chi connectivity index (χ0v) is 21.8. The van der Waals surface area contributed by atoms with Crippen LogP contribution in [0, 0.1) is 5.92 Å². The molecule has 182 valence electrons. The normalized spacial score (nSPS) is 13.4. The highest BCUT2D eigenvalue weighted by atomic mass is 32.2. The Morgan fingerprint density at radius 2 is 1.41 bits per heavy atom. The lowest BCUT2D eigenvalue weighted by atomic mass is 10.0. The quantitative estimate of drug-likeness (QED) is 0.265. The van der Waals surface area contributed by atoms with Crippen molar-refractivity contribution in [1.29, 1.82) is 0 Å². The first kappa shape index (κ1) is 26.0. The Balaban J connectivity index is 1.97. The highest BCUT2D eigenvalue weighted by Crippen LogP contribution is 2.30. The van der Waals surface area contributed by atoms with E-state index in [0.717, 1.165) is 27.5 Å². The monoisotopic (exact) mass is 498 g/mol. The van der Waals surface area contributed by atoms with Crippen molar-refractivity contribution in [3.05, 3.63) is 94.7 Å². The standard InChI is InChI=1S/C28H34O4S2/c1-5-7-21(2)28(20-26-8-6-17-33-26)34(29,30)27(18-22-9-13-24(31-3)14-10-22)19-23-11-15-25(32-4)16-12-23/h5-6,8-17,21,27-28H,1,7,18-20H2,2-4H3/t21-,28+/m1/s1. The van der Waals surface area contributed by atoms with Crippen LogP contribution in [0.15, 0.2) is 78.7 Å². The van der Waals surface area contributed by atoms with Crippen LogP contribution in [-0.4, -0.2) is 33.1 Å². The Kier molecular flexibility index (Phi) is 9.36. The molecule has 2 atom stereocenters. The summed E-state index contributed by atoms with van der Waals surface area (Å²) < 4.78 is 39.1. The lowest BCUT2D eigenvalue weighted by Crippen LogP contribution is -2.40. The molecule has 0 unspecified atom stereocenters. The molecule has 0 aliphatic heterocycles. The number of methoxy groups -OCH3 is 2. The van der Waals surface area contributed by atoms with Crippen LogP contribution in [0.4, 0.5) is 0 Å². The van der Waals surface area contributed by atoms with Gasteiger partial charge in [-0.15, -0.1) is 17.9 Å². The van der Waals surface area contributed by atoms with Crippen molar-refractivity contribution >= 4 is 21.2 Å². The summed E-state index contributed by atoms with van der Waals surface area (Å²) in [5.41, 5.74) is 1.96. The predicted octanol–water partition coefficient (Wildman–Crippen LogP) is 6.16. The van der Waals surface area contributed by atoms with Crippen molar-refractivity contribution in [3.8, 4) is 11.5 Å². The van der Waals surface area contributed by atoms with E-state index >= 15 is 0 Å². The second-order valence-corrected chi connectivity index (χ2v) is 12.1. The molecule has 0 aliphatic rings. The molecule has 2 aromatic carbocycles. The van der Waals surface area contributed by atoms with E-state index in [2.05, 4.69) is 6.58 Å². The van der Waals surface area contributed by atoms with E-state index in [1.54, 1.807) is 25.6 Å². The van der Waals surface area contributed by atoms with Crippen LogP contribution in [0.25, 0.3) is 0 Å². The number of thiophene rings is 1. The van der Waals surface area contributed by atoms with E-state index in [1.807, 2.05) is 79.0 Å². The average Bonchev–Trinajstić information content (AvgIpc) is 3.36. The third-order valence-corrected chi connectivity index (χ3v) is 9.92. The molecule has 1 heterocycles. The Hall–Kier alpha value is -2.57. The summed E-state index contributed by atoms with van der Waals surface area (Å²) in [6, 6.07) is 19.4. The van der Waals surface area contributed by atoms with E-state index in [0.29, 0.717) is 25.7 Å². The molecule has 0 amide bonds. The van der Waals surface area contributed by atoms with Crippen LogP contribution >= 0.6 is 11.3 Å². The number of allylic oxidation sites excluding steroid dienone is 1. The first-order valence-corrected chi connectivity index (χ1v) is 14.0. The molecule has 3 rings (SSSR count). The lowest BCUT2D eigenvalue weighted by Gasteiger charge is -2.28. The smallest absolute Gasteiger partial charge is 0.157 e. The fourth-order valence-corrected chi connectivity index (χ4v) is 7.67. The number of rotatable bonds is 13. The molecule has 0 saturated heterocycles. The summed E-state index contributed by atoms with van der Waals surface area (Å²) in [5.74, 6) is 1.49. The summed E-state index contributed by atoms with van der Waals surface area (Å²) in [6.07, 6.45) is 3.90. The van der Waals surface area contributed by atoms with Crippen LogP contribution < -0.4 is 9.47 Å². The molecule has 0 bridgehead atoms. The Bertz CT molecular complexity index is 1070. The Labute approximate surface area is 208 Å². The maximum Gasteiger partial charge on any atom is 0.157 e. The van der Waals surface area contributed by atoms with Gasteiger partial charge in [0.15, 0.2) is 9.84 Å². The van der Waals surface area contributed by atoms with Gasteiger partial charge in [0, 0.05) is 4.88 Å². The minimum Gasteiger partial charge on any atom is -0.497 e. The molecular weight excluding hydrogens is 464 g/mol. The van der Waals surface area contributed by atoms with Crippen LogP contribution in [0.1, 0.15) is 29.3 Å². The second-order valence-electron chi connectivity index (χ2n) is 8.64. The predicted molar refractivity (Wildman–Crippen MR) is 142 cm³/mol. The van der Waals surface area contributed by atoms with Gasteiger partial charge in [-0.2, -0.15) is 0 Å². The van der Waals surface area contributed by atoms with Crippen molar-refractivity contribution in [2.75, 3.05) is 14.2 Å². The average molecular weight is 499 g/mol. The van der Waals surface area contributed by atoms with E-state index in [4.69, 9.17) is 9.47 Å². The molecule has 0 saturated carbocycles. The third kappa shape index (κ3) is 6.73. The minimum atomic E-state index is -3.49. The van der Waals surface area contributed by atoms with Gasteiger partial charge in [0.2, 0.25) is 0 Å². The number of ether oxygens (including phenoxy) is 2. The maximum absolute atomic E-state index is 14.2. The van der Waals surface area contributed by atoms with Crippen molar-refractivity contribution in [3.63, 3.8) is 0 Å². The lowest BCUT2D eigenvalue weighted by molar-refractivity contribution is 0.414. The molecule has 0 radical (unpaired) electrons. The molecule has 0 spiro atoms. The highest BCUT2D eigenvalue weighted by molar-refractivity contribution is 7.92. The SMILES string of the molecule is C=CC[C@@H](C)[C@H](Cc1cccs1)S(=O)(=O)C(Cc1ccc(OC)cc1)Cc1ccc(OC)cc1. The fourth-order valence-electron chi connectivity index (χ4n) is 4.28. The van der Waals surface area contributed by atoms with Gasteiger partial charge in [-0.25, -0.2) is 8.42 Å². The molecule has 4 nitrogen and oxygen atoms in total. The van der Waals surface area contributed by atoms with Gasteiger partial charge in [-0.3, -0.25) is 0 Å². The Morgan fingerprint density at radius 1 is 0.882 bits per heavy atom. The largest absolute Gasteiger partial charge is 0.497 e. The van der Waals surface area contributed by atoms with E-state index in [1.165, 1.54) is 0 Å². The molecule has 0 fully saturated rings. The van der Waals surface area contributed by atoms with Gasteiger partial charge in [0.05, 0.1) is 24.7 Å². The van der Waals surface area contributed by atoms with Crippen LogP contribution in [0.2, 0.25) is 0 Å². The number of sulfone groups is 1. The first-order chi connectivity index (χ1) is 16.4. The topological polar surface area (TPSA) is 52.6 Å². The van der Waals surface area contributed by atoms with Gasteiger partial charge in [0.1, 0.15) is 11.5 Å². The summed E-state index contributed by atoms with van der Waals surface area (Å²) in [7, 11) is -0.238. The summed E-state index contributed by atoms with van der Waals surface area (Å²) in [5, 5.41) is 0.973. The van der Waals surface area contributed by atoms with E-state index in [9.17, 15) is 8.42 Å². The van der Waals surface area contributed by atoms with Crippen molar-refractivity contribution in [2.45, 2.75) is 43.1 Å². The molecule has 1 aromatic heterocycles. The third-order valence-electron chi connectivity index (χ3n) is 6.29. The van der Waals surface area contributed by atoms with Gasteiger partial charge in [-0.05, 0) is 78.4 Å². The zero-order chi connectivity index (χ0) is 24.6. The van der Waals surface area contributed by atoms with Crippen LogP contribution in [0.3, 0.4) is 0 Å². The molecule has 0 N–H and O–H groups in total. The summed E-state index contributed by atoms with van der Waals surface area (Å²) >= 11 is 1.61. The second kappa shape index (κ2) is 12.2. The molecule has 0 aliphatic carbocycles. The van der Waals surface area contributed by atoms with Gasteiger partial charge in [-0.1, -0.05) is 43.3 Å². The number of hydrogen-bond donors (Lipinski definition) is 0. The molecule has 3 aromatic rings. The maximum atomic E-state index is 14.2. The molecule has 34 heavy (non-hydrogen) atoms. The minimum absolute atomic E-state index is 0.0289. The molecular formula is C28H34O4S2. The number of benzene rings is 2. The van der Waals surface area contributed by atoms with Gasteiger partial charge in [0.25, 0.3) is 0 Å².